The number of aryl methyl sites for hydroxylation is 1. The predicted molar refractivity (Wildman–Crippen MR) is 61.5 cm³/mol. The summed E-state index contributed by atoms with van der Waals surface area (Å²) in [6, 6.07) is 4.94. The van der Waals surface area contributed by atoms with E-state index in [1.54, 1.807) is 6.92 Å². The molecule has 0 fully saturated rings. The molecule has 0 saturated carbocycles. The summed E-state index contributed by atoms with van der Waals surface area (Å²) in [5, 5.41) is 12.6. The lowest BCUT2D eigenvalue weighted by atomic mass is 10.2. The van der Waals surface area contributed by atoms with Crippen LogP contribution in [-0.4, -0.2) is 20.9 Å². The van der Waals surface area contributed by atoms with Crippen LogP contribution < -0.4 is 5.56 Å². The maximum Gasteiger partial charge on any atom is 0.341 e. The number of aromatic nitrogens is 2. The highest BCUT2D eigenvalue weighted by atomic mass is 19.1. The molecule has 0 aliphatic heterocycles. The van der Waals surface area contributed by atoms with Crippen LogP contribution in [0.25, 0.3) is 5.69 Å². The second-order valence-electron chi connectivity index (χ2n) is 3.70. The van der Waals surface area contributed by atoms with E-state index in [-0.39, 0.29) is 5.56 Å². The van der Waals surface area contributed by atoms with Crippen molar-refractivity contribution in [2.75, 3.05) is 0 Å². The Morgan fingerprint density at radius 3 is 2.72 bits per heavy atom. The summed E-state index contributed by atoms with van der Waals surface area (Å²) in [4.78, 5) is 22.7. The van der Waals surface area contributed by atoms with Crippen molar-refractivity contribution in [1.82, 2.24) is 9.78 Å². The molecule has 1 aromatic carbocycles. The minimum Gasteiger partial charge on any atom is -0.477 e. The third kappa shape index (κ3) is 2.00. The summed E-state index contributed by atoms with van der Waals surface area (Å²) >= 11 is 0. The molecule has 5 nitrogen and oxygen atoms in total. The molecule has 92 valence electrons. The number of rotatable bonds is 2. The van der Waals surface area contributed by atoms with E-state index in [1.807, 2.05) is 0 Å². The fourth-order valence-electron chi connectivity index (χ4n) is 1.60. The van der Waals surface area contributed by atoms with Gasteiger partial charge in [0.05, 0.1) is 5.69 Å². The largest absolute Gasteiger partial charge is 0.477 e. The van der Waals surface area contributed by atoms with Gasteiger partial charge in [0.15, 0.2) is 0 Å². The zero-order valence-corrected chi connectivity index (χ0v) is 9.42. The monoisotopic (exact) mass is 248 g/mol. The second-order valence-corrected chi connectivity index (χ2v) is 3.70. The number of aromatic carboxylic acids is 1. The number of halogens is 1. The van der Waals surface area contributed by atoms with Crippen molar-refractivity contribution in [2.45, 2.75) is 6.92 Å². The highest BCUT2D eigenvalue weighted by molar-refractivity contribution is 5.87. The average Bonchev–Trinajstić information content (AvgIpc) is 2.30. The lowest BCUT2D eigenvalue weighted by molar-refractivity contribution is 0.0694. The Kier molecular flexibility index (Phi) is 2.93. The number of hydrogen-bond donors (Lipinski definition) is 1. The quantitative estimate of drug-likeness (QED) is 0.871. The Bertz CT molecular complexity index is 679. The minimum atomic E-state index is -1.32. The Hall–Kier alpha value is -2.50. The van der Waals surface area contributed by atoms with Crippen LogP contribution in [0.15, 0.2) is 35.3 Å². The molecule has 1 heterocycles. The van der Waals surface area contributed by atoms with Crippen LogP contribution in [0, 0.1) is 12.7 Å². The van der Waals surface area contributed by atoms with Crippen LogP contribution in [0.2, 0.25) is 0 Å². The molecule has 6 heteroatoms. The lowest BCUT2D eigenvalue weighted by Gasteiger charge is -2.08. The second kappa shape index (κ2) is 4.40. The van der Waals surface area contributed by atoms with Crippen LogP contribution in [0.1, 0.15) is 15.9 Å². The molecule has 0 aliphatic rings. The smallest absolute Gasteiger partial charge is 0.341 e. The molecule has 2 aromatic rings. The summed E-state index contributed by atoms with van der Waals surface area (Å²) < 4.78 is 13.9. The van der Waals surface area contributed by atoms with Gasteiger partial charge in [-0.05, 0) is 36.8 Å². The molecule has 0 bridgehead atoms. The van der Waals surface area contributed by atoms with E-state index < -0.39 is 17.3 Å². The molecule has 0 radical (unpaired) electrons. The fourth-order valence-corrected chi connectivity index (χ4v) is 1.60. The Labute approximate surface area is 101 Å². The SMILES string of the molecule is Cc1cc(F)ccc1-n1nccc(C(=O)O)c1=O. The predicted octanol–water partition coefficient (Wildman–Crippen LogP) is 1.38. The Balaban J connectivity index is 2.69. The van der Waals surface area contributed by atoms with E-state index in [2.05, 4.69) is 5.10 Å². The van der Waals surface area contributed by atoms with Crippen LogP contribution in [0.5, 0.6) is 0 Å². The van der Waals surface area contributed by atoms with E-state index in [9.17, 15) is 14.0 Å². The molecule has 0 amide bonds. The first kappa shape index (κ1) is 12.0. The molecular formula is C12H9FN2O3. The molecule has 0 unspecified atom stereocenters. The third-order valence-corrected chi connectivity index (χ3v) is 2.46. The van der Waals surface area contributed by atoms with E-state index in [0.717, 1.165) is 10.7 Å². The standard InChI is InChI=1S/C12H9FN2O3/c1-7-6-8(13)2-3-10(7)15-11(16)9(12(17)18)4-5-14-15/h2-6H,1H3,(H,17,18). The van der Waals surface area contributed by atoms with E-state index in [0.29, 0.717) is 11.3 Å². The van der Waals surface area contributed by atoms with Gasteiger partial charge in [0.2, 0.25) is 0 Å². The van der Waals surface area contributed by atoms with Gasteiger partial charge in [-0.1, -0.05) is 0 Å². The zero-order chi connectivity index (χ0) is 13.3. The van der Waals surface area contributed by atoms with Crippen molar-refractivity contribution < 1.29 is 14.3 Å². The maximum atomic E-state index is 13.0. The van der Waals surface area contributed by atoms with Crippen LogP contribution in [-0.2, 0) is 0 Å². The molecule has 1 aromatic heterocycles. The first-order valence-corrected chi connectivity index (χ1v) is 5.09. The zero-order valence-electron chi connectivity index (χ0n) is 9.42. The number of carboxylic acids is 1. The number of carbonyl (C=O) groups is 1. The summed E-state index contributed by atoms with van der Waals surface area (Å²) in [5.41, 5.74) is -0.287. The van der Waals surface area contributed by atoms with Gasteiger partial charge in [-0.3, -0.25) is 4.79 Å². The first-order chi connectivity index (χ1) is 8.50. The highest BCUT2D eigenvalue weighted by Gasteiger charge is 2.13. The third-order valence-electron chi connectivity index (χ3n) is 2.46. The summed E-state index contributed by atoms with van der Waals surface area (Å²) in [6.07, 6.45) is 1.22. The van der Waals surface area contributed by atoms with Gasteiger partial charge in [-0.15, -0.1) is 0 Å². The van der Waals surface area contributed by atoms with Gasteiger partial charge >= 0.3 is 5.97 Å². The van der Waals surface area contributed by atoms with E-state index in [1.165, 1.54) is 24.4 Å². The van der Waals surface area contributed by atoms with E-state index in [4.69, 9.17) is 5.11 Å². The topological polar surface area (TPSA) is 72.2 Å². The van der Waals surface area contributed by atoms with Crippen molar-refractivity contribution in [1.29, 1.82) is 0 Å². The fraction of sp³-hybridized carbons (Fsp3) is 0.0833. The summed E-state index contributed by atoms with van der Waals surface area (Å²) in [7, 11) is 0. The van der Waals surface area contributed by atoms with Crippen molar-refractivity contribution in [3.05, 3.63) is 57.8 Å². The highest BCUT2D eigenvalue weighted by Crippen LogP contribution is 2.12. The van der Waals surface area contributed by atoms with Crippen LogP contribution in [0.4, 0.5) is 4.39 Å². The number of benzene rings is 1. The van der Waals surface area contributed by atoms with Crippen molar-refractivity contribution >= 4 is 5.97 Å². The Morgan fingerprint density at radius 1 is 1.39 bits per heavy atom. The number of nitrogens with zero attached hydrogens (tertiary/aromatic N) is 2. The lowest BCUT2D eigenvalue weighted by Crippen LogP contribution is -2.27. The molecular weight excluding hydrogens is 239 g/mol. The normalized spacial score (nSPS) is 10.3. The maximum absolute atomic E-state index is 13.0. The van der Waals surface area contributed by atoms with Crippen LogP contribution in [0.3, 0.4) is 0 Å². The molecule has 0 atom stereocenters. The van der Waals surface area contributed by atoms with Gasteiger partial charge < -0.3 is 5.11 Å². The first-order valence-electron chi connectivity index (χ1n) is 5.09. The number of hydrogen-bond acceptors (Lipinski definition) is 3. The van der Waals surface area contributed by atoms with E-state index >= 15 is 0 Å². The summed E-state index contributed by atoms with van der Waals surface area (Å²) in [6.45, 7) is 1.61. The summed E-state index contributed by atoms with van der Waals surface area (Å²) in [5.74, 6) is -1.75. The number of carboxylic acid groups (broad SMARTS) is 1. The van der Waals surface area contributed by atoms with Gasteiger partial charge in [0.1, 0.15) is 11.4 Å². The van der Waals surface area contributed by atoms with Gasteiger partial charge in [0.25, 0.3) is 5.56 Å². The molecule has 2 rings (SSSR count). The molecule has 0 saturated heterocycles. The molecule has 1 N–H and O–H groups in total. The van der Waals surface area contributed by atoms with Gasteiger partial charge in [0, 0.05) is 6.20 Å². The Morgan fingerprint density at radius 2 is 2.11 bits per heavy atom. The van der Waals surface area contributed by atoms with Crippen molar-refractivity contribution in [2.24, 2.45) is 0 Å². The average molecular weight is 248 g/mol. The van der Waals surface area contributed by atoms with Crippen molar-refractivity contribution in [3.63, 3.8) is 0 Å². The van der Waals surface area contributed by atoms with Gasteiger partial charge in [-0.25, -0.2) is 9.18 Å². The minimum absolute atomic E-state index is 0.351. The molecule has 0 spiro atoms. The van der Waals surface area contributed by atoms with Gasteiger partial charge in [-0.2, -0.15) is 9.78 Å². The van der Waals surface area contributed by atoms with Crippen LogP contribution >= 0.6 is 0 Å². The van der Waals surface area contributed by atoms with Crippen molar-refractivity contribution in [3.8, 4) is 5.69 Å². The molecule has 18 heavy (non-hydrogen) atoms. The molecule has 0 aliphatic carbocycles.